The highest BCUT2D eigenvalue weighted by atomic mass is 35.5. The predicted octanol–water partition coefficient (Wildman–Crippen LogP) is 1.77. The quantitative estimate of drug-likeness (QED) is 0.635. The molecular formula is C9H11ClN2O4. The molecule has 1 aliphatic rings. The Morgan fingerprint density at radius 1 is 1.44 bits per heavy atom. The SMILES string of the molecule is C[C@@H](N)c1cc2c(cc1[N+](=O)[O-])OCO2.Cl. The fourth-order valence-corrected chi connectivity index (χ4v) is 1.47. The van der Waals surface area contributed by atoms with Crippen LogP contribution in [0.4, 0.5) is 5.69 Å². The van der Waals surface area contributed by atoms with Crippen LogP contribution >= 0.6 is 12.4 Å². The van der Waals surface area contributed by atoms with Crippen molar-refractivity contribution in [2.75, 3.05) is 6.79 Å². The minimum absolute atomic E-state index is 0. The van der Waals surface area contributed by atoms with Gasteiger partial charge in [0.2, 0.25) is 6.79 Å². The maximum absolute atomic E-state index is 10.8. The van der Waals surface area contributed by atoms with Crippen molar-refractivity contribution in [2.45, 2.75) is 13.0 Å². The van der Waals surface area contributed by atoms with Crippen molar-refractivity contribution in [2.24, 2.45) is 5.73 Å². The number of ether oxygens (including phenoxy) is 2. The monoisotopic (exact) mass is 246 g/mol. The Hall–Kier alpha value is -1.53. The summed E-state index contributed by atoms with van der Waals surface area (Å²) in [5.41, 5.74) is 6.06. The smallest absolute Gasteiger partial charge is 0.278 e. The molecule has 0 aliphatic carbocycles. The minimum Gasteiger partial charge on any atom is -0.454 e. The average molecular weight is 247 g/mol. The lowest BCUT2D eigenvalue weighted by Gasteiger charge is -2.07. The molecule has 2 rings (SSSR count). The van der Waals surface area contributed by atoms with Gasteiger partial charge in [0.1, 0.15) is 0 Å². The fraction of sp³-hybridized carbons (Fsp3) is 0.333. The van der Waals surface area contributed by atoms with E-state index < -0.39 is 11.0 Å². The molecule has 2 N–H and O–H groups in total. The van der Waals surface area contributed by atoms with Gasteiger partial charge in [-0.3, -0.25) is 10.1 Å². The van der Waals surface area contributed by atoms with Crippen molar-refractivity contribution >= 4 is 18.1 Å². The number of hydrogen-bond donors (Lipinski definition) is 1. The summed E-state index contributed by atoms with van der Waals surface area (Å²) >= 11 is 0. The van der Waals surface area contributed by atoms with Crippen LogP contribution in [0.25, 0.3) is 0 Å². The zero-order valence-corrected chi connectivity index (χ0v) is 9.32. The van der Waals surface area contributed by atoms with E-state index in [2.05, 4.69) is 0 Å². The Kier molecular flexibility index (Phi) is 3.56. The number of nitrogens with zero attached hydrogens (tertiary/aromatic N) is 1. The van der Waals surface area contributed by atoms with Crippen LogP contribution in [0.5, 0.6) is 11.5 Å². The standard InChI is InChI=1S/C9H10N2O4.ClH/c1-5(10)6-2-8-9(15-4-14-8)3-7(6)11(12)13;/h2-3,5H,4,10H2,1H3;1H/t5-;/m1./s1. The summed E-state index contributed by atoms with van der Waals surface area (Å²) in [6, 6.07) is 2.49. The molecule has 88 valence electrons. The minimum atomic E-state index is -0.472. The topological polar surface area (TPSA) is 87.6 Å². The van der Waals surface area contributed by atoms with Crippen LogP contribution in [0.15, 0.2) is 12.1 Å². The Bertz CT molecular complexity index is 422. The number of hydrogen-bond acceptors (Lipinski definition) is 5. The maximum atomic E-state index is 10.8. The Labute approximate surface area is 97.9 Å². The van der Waals surface area contributed by atoms with Crippen LogP contribution in [0, 0.1) is 10.1 Å². The lowest BCUT2D eigenvalue weighted by molar-refractivity contribution is -0.385. The highest BCUT2D eigenvalue weighted by Gasteiger charge is 2.24. The third kappa shape index (κ3) is 2.02. The van der Waals surface area contributed by atoms with Crippen molar-refractivity contribution in [3.8, 4) is 11.5 Å². The summed E-state index contributed by atoms with van der Waals surface area (Å²) in [6.07, 6.45) is 0. The molecule has 0 bridgehead atoms. The third-order valence-electron chi connectivity index (χ3n) is 2.21. The van der Waals surface area contributed by atoms with Gasteiger partial charge in [0.25, 0.3) is 5.69 Å². The molecule has 0 spiro atoms. The van der Waals surface area contributed by atoms with Gasteiger partial charge in [-0.2, -0.15) is 0 Å². The van der Waals surface area contributed by atoms with Gasteiger partial charge in [-0.15, -0.1) is 12.4 Å². The summed E-state index contributed by atoms with van der Waals surface area (Å²) in [4.78, 5) is 10.3. The average Bonchev–Trinajstić information content (AvgIpc) is 2.61. The lowest BCUT2D eigenvalue weighted by Crippen LogP contribution is -2.08. The molecule has 6 nitrogen and oxygen atoms in total. The number of nitro benzene ring substituents is 1. The maximum Gasteiger partial charge on any atom is 0.278 e. The van der Waals surface area contributed by atoms with Crippen LogP contribution < -0.4 is 15.2 Å². The van der Waals surface area contributed by atoms with E-state index in [0.29, 0.717) is 17.1 Å². The van der Waals surface area contributed by atoms with E-state index in [-0.39, 0.29) is 24.9 Å². The molecule has 7 heteroatoms. The van der Waals surface area contributed by atoms with E-state index in [4.69, 9.17) is 15.2 Å². The first-order valence-corrected chi connectivity index (χ1v) is 4.43. The first-order valence-electron chi connectivity index (χ1n) is 4.43. The van der Waals surface area contributed by atoms with Crippen LogP contribution in [0.3, 0.4) is 0 Å². The molecule has 0 fully saturated rings. The number of benzene rings is 1. The molecule has 0 radical (unpaired) electrons. The van der Waals surface area contributed by atoms with Crippen molar-refractivity contribution in [1.82, 2.24) is 0 Å². The van der Waals surface area contributed by atoms with E-state index in [9.17, 15) is 10.1 Å². The molecule has 1 aliphatic heterocycles. The normalized spacial score (nSPS) is 14.1. The second-order valence-corrected chi connectivity index (χ2v) is 3.31. The molecule has 0 aromatic heterocycles. The van der Waals surface area contributed by atoms with Crippen molar-refractivity contribution in [1.29, 1.82) is 0 Å². The van der Waals surface area contributed by atoms with Gasteiger partial charge in [0.05, 0.1) is 16.6 Å². The van der Waals surface area contributed by atoms with Gasteiger partial charge in [0.15, 0.2) is 11.5 Å². The number of nitrogens with two attached hydrogens (primary N) is 1. The summed E-state index contributed by atoms with van der Waals surface area (Å²) in [5.74, 6) is 0.902. The summed E-state index contributed by atoms with van der Waals surface area (Å²) in [7, 11) is 0. The van der Waals surface area contributed by atoms with Gasteiger partial charge in [-0.1, -0.05) is 0 Å². The van der Waals surface area contributed by atoms with Crippen LogP contribution in [0.2, 0.25) is 0 Å². The van der Waals surface area contributed by atoms with Gasteiger partial charge >= 0.3 is 0 Å². The molecule has 0 unspecified atom stereocenters. The van der Waals surface area contributed by atoms with Crippen LogP contribution in [0.1, 0.15) is 18.5 Å². The number of nitro groups is 1. The Morgan fingerprint density at radius 2 is 2.00 bits per heavy atom. The van der Waals surface area contributed by atoms with Crippen molar-refractivity contribution in [3.63, 3.8) is 0 Å². The van der Waals surface area contributed by atoms with Crippen molar-refractivity contribution < 1.29 is 14.4 Å². The second-order valence-electron chi connectivity index (χ2n) is 3.31. The lowest BCUT2D eigenvalue weighted by atomic mass is 10.1. The summed E-state index contributed by atoms with van der Waals surface area (Å²) in [6.45, 7) is 1.78. The molecular weight excluding hydrogens is 236 g/mol. The van der Waals surface area contributed by atoms with Gasteiger partial charge < -0.3 is 15.2 Å². The molecule has 1 heterocycles. The molecule has 1 atom stereocenters. The molecule has 0 saturated carbocycles. The Morgan fingerprint density at radius 3 is 2.50 bits per heavy atom. The van der Waals surface area contributed by atoms with Gasteiger partial charge in [-0.25, -0.2) is 0 Å². The molecule has 1 aromatic rings. The largest absolute Gasteiger partial charge is 0.454 e. The highest BCUT2D eigenvalue weighted by molar-refractivity contribution is 5.85. The van der Waals surface area contributed by atoms with Crippen LogP contribution in [-0.4, -0.2) is 11.7 Å². The zero-order valence-electron chi connectivity index (χ0n) is 8.50. The molecule has 16 heavy (non-hydrogen) atoms. The molecule has 0 amide bonds. The van der Waals surface area contributed by atoms with E-state index in [0.717, 1.165) is 0 Å². The second kappa shape index (κ2) is 4.54. The number of halogens is 1. The molecule has 0 saturated heterocycles. The van der Waals surface area contributed by atoms with Gasteiger partial charge in [0, 0.05) is 6.04 Å². The van der Waals surface area contributed by atoms with Crippen LogP contribution in [-0.2, 0) is 0 Å². The summed E-state index contributed by atoms with van der Waals surface area (Å²) < 4.78 is 10.2. The van der Waals surface area contributed by atoms with Gasteiger partial charge in [-0.05, 0) is 13.0 Å². The number of fused-ring (bicyclic) bond motifs is 1. The first-order chi connectivity index (χ1) is 7.09. The summed E-state index contributed by atoms with van der Waals surface area (Å²) in [5, 5.41) is 10.8. The predicted molar refractivity (Wildman–Crippen MR) is 59.1 cm³/mol. The zero-order chi connectivity index (χ0) is 11.0. The van der Waals surface area contributed by atoms with Crippen molar-refractivity contribution in [3.05, 3.63) is 27.8 Å². The Balaban J connectivity index is 0.00000128. The third-order valence-corrected chi connectivity index (χ3v) is 2.21. The van der Waals surface area contributed by atoms with E-state index in [1.165, 1.54) is 6.07 Å². The van der Waals surface area contributed by atoms with E-state index >= 15 is 0 Å². The first kappa shape index (κ1) is 12.5. The highest BCUT2D eigenvalue weighted by Crippen LogP contribution is 2.39. The van der Waals surface area contributed by atoms with E-state index in [1.54, 1.807) is 13.0 Å². The molecule has 1 aromatic carbocycles. The fourth-order valence-electron chi connectivity index (χ4n) is 1.47. The number of rotatable bonds is 2. The van der Waals surface area contributed by atoms with E-state index in [1.807, 2.05) is 0 Å².